The third-order valence-electron chi connectivity index (χ3n) is 3.57. The van der Waals surface area contributed by atoms with Crippen molar-refractivity contribution in [1.29, 1.82) is 0 Å². The van der Waals surface area contributed by atoms with E-state index in [4.69, 9.17) is 5.11 Å². The number of amides is 2. The molecule has 0 fully saturated rings. The van der Waals surface area contributed by atoms with Crippen LogP contribution in [0.2, 0.25) is 0 Å². The Hall–Kier alpha value is -1.66. The van der Waals surface area contributed by atoms with Gasteiger partial charge in [-0.1, -0.05) is 19.1 Å². The van der Waals surface area contributed by atoms with Gasteiger partial charge in [0, 0.05) is 19.7 Å². The molecule has 0 aliphatic rings. The van der Waals surface area contributed by atoms with E-state index in [1.54, 1.807) is 12.1 Å². The van der Waals surface area contributed by atoms with Gasteiger partial charge in [-0.25, -0.2) is 9.18 Å². The maximum Gasteiger partial charge on any atom is 0.314 e. The summed E-state index contributed by atoms with van der Waals surface area (Å²) in [5.74, 6) is -0.0395. The van der Waals surface area contributed by atoms with Crippen molar-refractivity contribution < 1.29 is 14.3 Å². The van der Waals surface area contributed by atoms with E-state index < -0.39 is 0 Å². The third-order valence-corrected chi connectivity index (χ3v) is 3.57. The molecule has 124 valence electrons. The molecule has 0 aliphatic heterocycles. The predicted molar refractivity (Wildman–Crippen MR) is 85.1 cm³/mol. The molecule has 5 nitrogen and oxygen atoms in total. The molecule has 0 radical (unpaired) electrons. The van der Waals surface area contributed by atoms with E-state index in [2.05, 4.69) is 10.6 Å². The topological polar surface area (TPSA) is 64.6 Å². The maximum absolute atomic E-state index is 13.0. The quantitative estimate of drug-likeness (QED) is 0.685. The van der Waals surface area contributed by atoms with Crippen molar-refractivity contribution in [2.75, 3.05) is 33.8 Å². The summed E-state index contributed by atoms with van der Waals surface area (Å²) in [6, 6.07) is 6.02. The number of nitrogens with zero attached hydrogens (tertiary/aromatic N) is 1. The van der Waals surface area contributed by atoms with Crippen LogP contribution >= 0.6 is 0 Å². The monoisotopic (exact) mass is 311 g/mol. The highest BCUT2D eigenvalue weighted by molar-refractivity contribution is 5.73. The van der Waals surface area contributed by atoms with Crippen molar-refractivity contribution in [1.82, 2.24) is 15.5 Å². The van der Waals surface area contributed by atoms with E-state index in [1.165, 1.54) is 12.1 Å². The summed E-state index contributed by atoms with van der Waals surface area (Å²) < 4.78 is 13.0. The number of rotatable bonds is 8. The van der Waals surface area contributed by atoms with E-state index >= 15 is 0 Å². The molecule has 1 aromatic carbocycles. The van der Waals surface area contributed by atoms with Gasteiger partial charge < -0.3 is 20.6 Å². The molecule has 0 aliphatic carbocycles. The first-order valence-corrected chi connectivity index (χ1v) is 7.48. The average Bonchev–Trinajstić information content (AvgIpc) is 2.47. The zero-order valence-corrected chi connectivity index (χ0v) is 13.5. The molecule has 3 N–H and O–H groups in total. The average molecular weight is 311 g/mol. The van der Waals surface area contributed by atoms with Crippen LogP contribution in [0.3, 0.4) is 0 Å². The molecule has 0 aromatic heterocycles. The van der Waals surface area contributed by atoms with E-state index in [0.29, 0.717) is 19.5 Å². The number of carbonyl (C=O) groups excluding carboxylic acids is 1. The lowest BCUT2D eigenvalue weighted by atomic mass is 10.1. The number of urea groups is 1. The third kappa shape index (κ3) is 6.41. The first-order valence-electron chi connectivity index (χ1n) is 7.48. The van der Waals surface area contributed by atoms with Crippen LogP contribution in [0.4, 0.5) is 9.18 Å². The van der Waals surface area contributed by atoms with Gasteiger partial charge in [0.15, 0.2) is 0 Å². The number of halogens is 1. The molecule has 22 heavy (non-hydrogen) atoms. The standard InChI is InChI=1S/C16H26FN3O2/c1-12(8-9-21)10-18-16(22)19-11-15(20(2)3)13-4-6-14(17)7-5-13/h4-7,12,15,21H,8-11H2,1-3H3,(H2,18,19,22). The molecule has 0 saturated carbocycles. The highest BCUT2D eigenvalue weighted by Gasteiger charge is 2.15. The van der Waals surface area contributed by atoms with Crippen LogP contribution in [0, 0.1) is 11.7 Å². The molecule has 2 atom stereocenters. The number of benzene rings is 1. The van der Waals surface area contributed by atoms with Crippen LogP contribution in [0.5, 0.6) is 0 Å². The Kier molecular flexibility index (Phi) is 7.84. The molecule has 1 aromatic rings. The summed E-state index contributed by atoms with van der Waals surface area (Å²) in [7, 11) is 3.83. The van der Waals surface area contributed by atoms with Crippen molar-refractivity contribution in [3.8, 4) is 0 Å². The van der Waals surface area contributed by atoms with Gasteiger partial charge in [0.25, 0.3) is 0 Å². The van der Waals surface area contributed by atoms with E-state index in [0.717, 1.165) is 5.56 Å². The first kappa shape index (κ1) is 18.4. The van der Waals surface area contributed by atoms with Crippen LogP contribution < -0.4 is 10.6 Å². The van der Waals surface area contributed by atoms with Gasteiger partial charge in [-0.15, -0.1) is 0 Å². The lowest BCUT2D eigenvalue weighted by molar-refractivity contribution is 0.227. The van der Waals surface area contributed by atoms with E-state index in [1.807, 2.05) is 25.9 Å². The van der Waals surface area contributed by atoms with Crippen molar-refractivity contribution in [3.63, 3.8) is 0 Å². The van der Waals surface area contributed by atoms with Crippen LogP contribution in [0.1, 0.15) is 24.9 Å². The molecule has 2 unspecified atom stereocenters. The van der Waals surface area contributed by atoms with Gasteiger partial charge in [0.2, 0.25) is 0 Å². The fourth-order valence-electron chi connectivity index (χ4n) is 2.12. The Morgan fingerprint density at radius 3 is 2.36 bits per heavy atom. The van der Waals surface area contributed by atoms with Gasteiger partial charge in [-0.3, -0.25) is 0 Å². The van der Waals surface area contributed by atoms with E-state index in [9.17, 15) is 9.18 Å². The van der Waals surface area contributed by atoms with Gasteiger partial charge in [-0.2, -0.15) is 0 Å². The van der Waals surface area contributed by atoms with Crippen molar-refractivity contribution in [2.45, 2.75) is 19.4 Å². The summed E-state index contributed by atoms with van der Waals surface area (Å²) in [5.41, 5.74) is 0.945. The van der Waals surface area contributed by atoms with Gasteiger partial charge in [0.05, 0.1) is 6.04 Å². The number of nitrogens with one attached hydrogen (secondary N) is 2. The van der Waals surface area contributed by atoms with E-state index in [-0.39, 0.29) is 30.4 Å². The summed E-state index contributed by atoms with van der Waals surface area (Å²) in [4.78, 5) is 13.8. The molecular formula is C16H26FN3O2. The van der Waals surface area contributed by atoms with Crippen LogP contribution in [0.25, 0.3) is 0 Å². The van der Waals surface area contributed by atoms with Crippen molar-refractivity contribution >= 4 is 6.03 Å². The Bertz CT molecular complexity index is 451. The zero-order valence-electron chi connectivity index (χ0n) is 13.5. The molecule has 0 saturated heterocycles. The molecule has 1 rings (SSSR count). The number of aliphatic hydroxyl groups excluding tert-OH is 1. The molecule has 0 heterocycles. The smallest absolute Gasteiger partial charge is 0.314 e. The van der Waals surface area contributed by atoms with Gasteiger partial charge >= 0.3 is 6.03 Å². The summed E-state index contributed by atoms with van der Waals surface area (Å²) in [6.45, 7) is 3.05. The molecule has 0 spiro atoms. The van der Waals surface area contributed by atoms with Crippen LogP contribution in [-0.4, -0.2) is 49.8 Å². The number of likely N-dealkylation sites (N-methyl/N-ethyl adjacent to an activating group) is 1. The van der Waals surface area contributed by atoms with Gasteiger partial charge in [0.1, 0.15) is 5.82 Å². The summed E-state index contributed by atoms with van der Waals surface area (Å²) in [5, 5.41) is 14.4. The SMILES string of the molecule is CC(CCO)CNC(=O)NCC(c1ccc(F)cc1)N(C)C. The van der Waals surface area contributed by atoms with Crippen LogP contribution in [-0.2, 0) is 0 Å². The second-order valence-electron chi connectivity index (χ2n) is 5.74. The minimum atomic E-state index is -0.273. The maximum atomic E-state index is 13.0. The second-order valence-corrected chi connectivity index (χ2v) is 5.74. The summed E-state index contributed by atoms with van der Waals surface area (Å²) in [6.07, 6.45) is 0.663. The second kappa shape index (κ2) is 9.38. The number of carbonyl (C=O) groups is 1. The number of aliphatic hydroxyl groups is 1. The summed E-state index contributed by atoms with van der Waals surface area (Å²) >= 11 is 0. The lowest BCUT2D eigenvalue weighted by Crippen LogP contribution is -2.41. The van der Waals surface area contributed by atoms with Crippen molar-refractivity contribution in [2.24, 2.45) is 5.92 Å². The number of hydrogen-bond donors (Lipinski definition) is 3. The Balaban J connectivity index is 2.47. The fraction of sp³-hybridized carbons (Fsp3) is 0.562. The Morgan fingerprint density at radius 1 is 1.23 bits per heavy atom. The Labute approximate surface area is 131 Å². The minimum absolute atomic E-state index is 0.0267. The molecular weight excluding hydrogens is 285 g/mol. The minimum Gasteiger partial charge on any atom is -0.396 e. The largest absolute Gasteiger partial charge is 0.396 e. The zero-order chi connectivity index (χ0) is 16.5. The first-order chi connectivity index (χ1) is 10.4. The van der Waals surface area contributed by atoms with Gasteiger partial charge in [-0.05, 0) is 44.1 Å². The normalized spacial score (nSPS) is 13.7. The number of hydrogen-bond acceptors (Lipinski definition) is 3. The van der Waals surface area contributed by atoms with Crippen molar-refractivity contribution in [3.05, 3.63) is 35.6 Å². The predicted octanol–water partition coefficient (Wildman–Crippen LogP) is 1.75. The highest BCUT2D eigenvalue weighted by atomic mass is 19.1. The fourth-order valence-corrected chi connectivity index (χ4v) is 2.12. The molecule has 6 heteroatoms. The lowest BCUT2D eigenvalue weighted by Gasteiger charge is -2.25. The molecule has 0 bridgehead atoms. The molecule has 2 amide bonds. The highest BCUT2D eigenvalue weighted by Crippen LogP contribution is 2.17. The Morgan fingerprint density at radius 2 is 1.82 bits per heavy atom. The van der Waals surface area contributed by atoms with Crippen LogP contribution in [0.15, 0.2) is 24.3 Å².